The molecule has 0 aliphatic rings. The average molecular weight is 263 g/mol. The highest BCUT2D eigenvalue weighted by atomic mass is 32.1. The fraction of sp³-hybridized carbons (Fsp3) is 0.667. The van der Waals surface area contributed by atoms with Crippen LogP contribution in [-0.4, -0.2) is 34.4 Å². The summed E-state index contributed by atoms with van der Waals surface area (Å²) in [4.78, 5) is 0. The number of rotatable bonds is 4. The lowest BCUT2D eigenvalue weighted by molar-refractivity contribution is -0.138. The smallest absolute Gasteiger partial charge is 0.385 e. The van der Waals surface area contributed by atoms with Gasteiger partial charge in [0.15, 0.2) is 0 Å². The third kappa shape index (κ3) is 3.52. The highest BCUT2D eigenvalue weighted by Crippen LogP contribution is 2.32. The first kappa shape index (κ1) is 13.0. The van der Waals surface area contributed by atoms with Crippen molar-refractivity contribution in [1.82, 2.24) is 10.2 Å². The molecule has 1 unspecified atom stereocenters. The summed E-state index contributed by atoms with van der Waals surface area (Å²) in [6.45, 7) is -0.593. The fourth-order valence-electron chi connectivity index (χ4n) is 0.690. The lowest BCUT2D eigenvalue weighted by atomic mass is 10.4. The summed E-state index contributed by atoms with van der Waals surface area (Å²) in [6.07, 6.45) is -9.54. The Bertz CT molecular complexity index is 341. The van der Waals surface area contributed by atoms with Gasteiger partial charge in [-0.15, -0.1) is 10.2 Å². The van der Waals surface area contributed by atoms with Gasteiger partial charge in [-0.2, -0.15) is 13.2 Å². The van der Waals surface area contributed by atoms with Gasteiger partial charge in [-0.05, 0) is 0 Å². The number of nitrogens with zero attached hydrogens (tertiary/aromatic N) is 2. The Morgan fingerprint density at radius 3 is 2.38 bits per heavy atom. The molecule has 0 aliphatic carbocycles. The summed E-state index contributed by atoms with van der Waals surface area (Å²) in [5.41, 5.74) is 0. The van der Waals surface area contributed by atoms with Crippen molar-refractivity contribution in [1.29, 1.82) is 0 Å². The minimum atomic E-state index is -4.61. The normalized spacial score (nSPS) is 14.2. The highest BCUT2D eigenvalue weighted by molar-refractivity contribution is 7.15. The van der Waals surface area contributed by atoms with Crippen LogP contribution in [0, 0.1) is 0 Å². The molecule has 1 aromatic rings. The second-order valence-electron chi connectivity index (χ2n) is 2.69. The Labute approximate surface area is 90.1 Å². The molecule has 0 aromatic carbocycles. The molecule has 4 nitrogen and oxygen atoms in total. The summed E-state index contributed by atoms with van der Waals surface area (Å²) in [7, 11) is 0. The second kappa shape index (κ2) is 4.87. The van der Waals surface area contributed by atoms with Crippen LogP contribution < -0.4 is 5.32 Å². The summed E-state index contributed by atoms with van der Waals surface area (Å²) < 4.78 is 59.8. The molecular formula is C6H6F5N3OS. The van der Waals surface area contributed by atoms with Crippen molar-refractivity contribution >= 4 is 16.5 Å². The Hall–Kier alpha value is -1.03. The second-order valence-corrected chi connectivity index (χ2v) is 3.67. The van der Waals surface area contributed by atoms with Gasteiger partial charge in [-0.25, -0.2) is 8.78 Å². The maximum absolute atomic E-state index is 12.0. The average Bonchev–Trinajstić information content (AvgIpc) is 2.61. The topological polar surface area (TPSA) is 58.0 Å². The number of aliphatic hydroxyl groups excluding tert-OH is 1. The molecule has 0 saturated heterocycles. The predicted molar refractivity (Wildman–Crippen MR) is 45.4 cm³/mol. The molecule has 0 bridgehead atoms. The Balaban J connectivity index is 2.53. The number of hydrogen-bond acceptors (Lipinski definition) is 5. The van der Waals surface area contributed by atoms with E-state index in [9.17, 15) is 22.0 Å². The maximum Gasteiger partial charge on any atom is 0.445 e. The molecule has 0 spiro atoms. The van der Waals surface area contributed by atoms with Gasteiger partial charge in [-0.1, -0.05) is 11.3 Å². The van der Waals surface area contributed by atoms with E-state index >= 15 is 0 Å². The monoisotopic (exact) mass is 263 g/mol. The zero-order chi connectivity index (χ0) is 12.3. The van der Waals surface area contributed by atoms with E-state index < -0.39 is 30.3 Å². The standard InChI is InChI=1S/C6H6F5N3OS/c7-3(8)2(15)1-12-5-14-13-4(16-5)6(9,10)11/h2-3,15H,1H2,(H,12,14). The number of alkyl halides is 5. The van der Waals surface area contributed by atoms with E-state index in [1.807, 2.05) is 0 Å². The van der Waals surface area contributed by atoms with Crippen LogP contribution in [0.2, 0.25) is 0 Å². The van der Waals surface area contributed by atoms with Crippen LogP contribution in [0.5, 0.6) is 0 Å². The molecule has 0 saturated carbocycles. The first-order valence-corrected chi connectivity index (χ1v) is 4.73. The Morgan fingerprint density at radius 1 is 1.31 bits per heavy atom. The molecular weight excluding hydrogens is 257 g/mol. The van der Waals surface area contributed by atoms with Crippen molar-refractivity contribution in [2.75, 3.05) is 11.9 Å². The highest BCUT2D eigenvalue weighted by Gasteiger charge is 2.35. The maximum atomic E-state index is 12.0. The van der Waals surface area contributed by atoms with Crippen LogP contribution >= 0.6 is 11.3 Å². The third-order valence-corrected chi connectivity index (χ3v) is 2.35. The molecule has 2 N–H and O–H groups in total. The number of halogens is 5. The molecule has 0 aliphatic heterocycles. The quantitative estimate of drug-likeness (QED) is 0.810. The van der Waals surface area contributed by atoms with Crippen LogP contribution in [-0.2, 0) is 6.18 Å². The van der Waals surface area contributed by atoms with Crippen molar-refractivity contribution in [2.24, 2.45) is 0 Å². The van der Waals surface area contributed by atoms with E-state index in [2.05, 4.69) is 15.5 Å². The molecule has 0 radical (unpaired) electrons. The van der Waals surface area contributed by atoms with E-state index in [1.165, 1.54) is 0 Å². The summed E-state index contributed by atoms with van der Waals surface area (Å²) in [5.74, 6) is 0. The SMILES string of the molecule is OC(CNc1nnc(C(F)(F)F)s1)C(F)F. The third-order valence-electron chi connectivity index (χ3n) is 1.42. The molecule has 1 rings (SSSR count). The van der Waals surface area contributed by atoms with E-state index in [0.717, 1.165) is 0 Å². The van der Waals surface area contributed by atoms with E-state index in [-0.39, 0.29) is 16.5 Å². The Morgan fingerprint density at radius 2 is 1.94 bits per heavy atom. The summed E-state index contributed by atoms with van der Waals surface area (Å²) in [5, 5.41) is 15.3. The van der Waals surface area contributed by atoms with Gasteiger partial charge in [-0.3, -0.25) is 0 Å². The van der Waals surface area contributed by atoms with Crippen molar-refractivity contribution < 1.29 is 27.1 Å². The summed E-state index contributed by atoms with van der Waals surface area (Å²) >= 11 is 0.179. The minimum absolute atomic E-state index is 0.179. The predicted octanol–water partition coefficient (Wildman–Crippen LogP) is 1.59. The van der Waals surface area contributed by atoms with Gasteiger partial charge >= 0.3 is 6.18 Å². The minimum Gasteiger partial charge on any atom is -0.385 e. The number of anilines is 1. The lowest BCUT2D eigenvalue weighted by Crippen LogP contribution is -2.26. The first-order valence-electron chi connectivity index (χ1n) is 3.91. The van der Waals surface area contributed by atoms with Gasteiger partial charge in [0.05, 0.1) is 0 Å². The largest absolute Gasteiger partial charge is 0.445 e. The fourth-order valence-corrected chi connectivity index (χ4v) is 1.31. The van der Waals surface area contributed by atoms with Crippen molar-refractivity contribution in [2.45, 2.75) is 18.7 Å². The molecule has 1 atom stereocenters. The molecule has 16 heavy (non-hydrogen) atoms. The van der Waals surface area contributed by atoms with Gasteiger partial charge in [0, 0.05) is 6.54 Å². The van der Waals surface area contributed by atoms with Crippen LogP contribution in [0.15, 0.2) is 0 Å². The van der Waals surface area contributed by atoms with E-state index in [1.54, 1.807) is 0 Å². The number of hydrogen-bond donors (Lipinski definition) is 2. The zero-order valence-corrected chi connectivity index (χ0v) is 8.32. The van der Waals surface area contributed by atoms with Crippen LogP contribution in [0.3, 0.4) is 0 Å². The lowest BCUT2D eigenvalue weighted by Gasteiger charge is -2.08. The molecule has 1 aromatic heterocycles. The van der Waals surface area contributed by atoms with Gasteiger partial charge < -0.3 is 10.4 Å². The van der Waals surface area contributed by atoms with Gasteiger partial charge in [0.25, 0.3) is 6.43 Å². The zero-order valence-electron chi connectivity index (χ0n) is 7.50. The molecule has 10 heteroatoms. The van der Waals surface area contributed by atoms with Crippen molar-refractivity contribution in [3.63, 3.8) is 0 Å². The van der Waals surface area contributed by atoms with Crippen molar-refractivity contribution in [3.8, 4) is 0 Å². The van der Waals surface area contributed by atoms with Crippen LogP contribution in [0.4, 0.5) is 27.1 Å². The van der Waals surface area contributed by atoms with Crippen LogP contribution in [0.1, 0.15) is 5.01 Å². The van der Waals surface area contributed by atoms with E-state index in [0.29, 0.717) is 0 Å². The molecule has 0 fully saturated rings. The molecule has 92 valence electrons. The first-order chi connectivity index (χ1) is 7.30. The van der Waals surface area contributed by atoms with E-state index in [4.69, 9.17) is 5.11 Å². The summed E-state index contributed by atoms with van der Waals surface area (Å²) in [6, 6.07) is 0. The van der Waals surface area contributed by atoms with Gasteiger partial charge in [0.2, 0.25) is 10.1 Å². The molecule has 0 amide bonds. The number of aliphatic hydroxyl groups is 1. The number of nitrogens with one attached hydrogen (secondary N) is 1. The van der Waals surface area contributed by atoms with Crippen molar-refractivity contribution in [3.05, 3.63) is 5.01 Å². The Kier molecular flexibility index (Phi) is 3.97. The van der Waals surface area contributed by atoms with Crippen LogP contribution in [0.25, 0.3) is 0 Å². The van der Waals surface area contributed by atoms with Gasteiger partial charge in [0.1, 0.15) is 6.10 Å². The molecule has 1 heterocycles. The number of aromatic nitrogens is 2.